The Morgan fingerprint density at radius 2 is 0.891 bits per heavy atom. The third-order valence-corrected chi connectivity index (χ3v) is 13.3. The van der Waals surface area contributed by atoms with Crippen molar-refractivity contribution in [3.05, 3.63) is 0 Å². The van der Waals surface area contributed by atoms with Crippen LogP contribution in [0, 0.1) is 0 Å². The Morgan fingerprint density at radius 1 is 0.500 bits per heavy atom. The Labute approximate surface area is 387 Å². The second-order valence-corrected chi connectivity index (χ2v) is 19.0. The highest BCUT2D eigenvalue weighted by atomic mass is 16.7. The molecule has 9 N–H and O–H groups in total. The zero-order valence-corrected chi connectivity index (χ0v) is 40.3. The number of hydrogen-bond acceptors (Lipinski definition) is 13. The van der Waals surface area contributed by atoms with Crippen LogP contribution in [0.15, 0.2) is 0 Å². The highest BCUT2D eigenvalue weighted by Gasteiger charge is 2.51. The van der Waals surface area contributed by atoms with Crippen molar-refractivity contribution >= 4 is 5.91 Å². The molecular weight excluding hydrogens is 823 g/mol. The predicted molar refractivity (Wildman–Crippen MR) is 249 cm³/mol. The number of unbranched alkanes of at least 4 members (excludes halogenated alkanes) is 28. The standard InChI is InChI=1S/C50H97NO13/c1-3-5-6-7-8-9-10-11-12-13-14-15-16-17-18-19-20-21-22-23-24-25-26-27-28-29-30-31-32-34-39(54)38(51-42(55)33-4-2)37-61-49-47(60)45(58)48(41(36-53)63-49)64-50-46(59)44(57)43(56)40(35-52)62-50/h38-41,43-50,52-54,56-60H,3-37H2,1-2H3,(H,51,55). The summed E-state index contributed by atoms with van der Waals surface area (Å²) in [6, 6.07) is -0.818. The first kappa shape index (κ1) is 59.1. The van der Waals surface area contributed by atoms with Crippen LogP contribution < -0.4 is 5.32 Å². The number of aliphatic hydroxyl groups is 8. The van der Waals surface area contributed by atoms with Gasteiger partial charge in [-0.25, -0.2) is 0 Å². The molecule has 2 aliphatic heterocycles. The van der Waals surface area contributed by atoms with Gasteiger partial charge < -0.3 is 65.1 Å². The molecule has 2 heterocycles. The summed E-state index contributed by atoms with van der Waals surface area (Å²) in [5, 5.41) is 85.9. The van der Waals surface area contributed by atoms with Gasteiger partial charge in [0.2, 0.25) is 5.91 Å². The van der Waals surface area contributed by atoms with E-state index in [2.05, 4.69) is 12.2 Å². The zero-order valence-electron chi connectivity index (χ0n) is 40.3. The van der Waals surface area contributed by atoms with Crippen LogP contribution in [0.4, 0.5) is 0 Å². The molecule has 12 unspecified atom stereocenters. The van der Waals surface area contributed by atoms with Crippen molar-refractivity contribution in [1.82, 2.24) is 5.32 Å². The van der Waals surface area contributed by atoms with Gasteiger partial charge in [-0.05, 0) is 12.8 Å². The average molecular weight is 920 g/mol. The average Bonchev–Trinajstić information content (AvgIpc) is 3.29. The molecule has 0 spiro atoms. The first-order chi connectivity index (χ1) is 31.1. The Hall–Kier alpha value is -1.01. The first-order valence-electron chi connectivity index (χ1n) is 26.3. The van der Waals surface area contributed by atoms with E-state index in [1.54, 1.807) is 0 Å². The molecule has 2 aliphatic rings. The monoisotopic (exact) mass is 920 g/mol. The molecule has 2 rings (SSSR count). The largest absolute Gasteiger partial charge is 0.394 e. The number of carbonyl (C=O) groups excluding carboxylic acids is 1. The molecule has 0 aliphatic carbocycles. The van der Waals surface area contributed by atoms with E-state index < -0.39 is 86.8 Å². The van der Waals surface area contributed by atoms with Crippen molar-refractivity contribution in [3.8, 4) is 0 Å². The summed E-state index contributed by atoms with van der Waals surface area (Å²) in [6.07, 6.45) is 23.3. The van der Waals surface area contributed by atoms with Crippen LogP contribution in [-0.4, -0.2) is 140 Å². The molecule has 0 saturated carbocycles. The van der Waals surface area contributed by atoms with Gasteiger partial charge in [0, 0.05) is 6.42 Å². The number of hydrogen-bond donors (Lipinski definition) is 9. The van der Waals surface area contributed by atoms with Crippen molar-refractivity contribution < 1.29 is 64.6 Å². The van der Waals surface area contributed by atoms with Crippen LogP contribution in [0.1, 0.15) is 219 Å². The van der Waals surface area contributed by atoms with Crippen LogP contribution in [0.25, 0.3) is 0 Å². The SMILES string of the molecule is CCCCCCCCCCCCCCCCCCCCCCCCCCCCCCCC(O)C(COC1OC(CO)C(OC2OC(CO)C(O)C(O)C2O)C(O)C1O)NC(=O)CCC. The Morgan fingerprint density at radius 3 is 1.30 bits per heavy atom. The molecule has 64 heavy (non-hydrogen) atoms. The lowest BCUT2D eigenvalue weighted by molar-refractivity contribution is -0.359. The summed E-state index contributed by atoms with van der Waals surface area (Å²) in [5.41, 5.74) is 0. The van der Waals surface area contributed by atoms with Crippen LogP contribution in [0.2, 0.25) is 0 Å². The molecule has 0 radical (unpaired) electrons. The Bertz CT molecular complexity index is 1090. The molecule has 14 heteroatoms. The maximum atomic E-state index is 12.5. The van der Waals surface area contributed by atoms with Crippen molar-refractivity contribution in [3.63, 3.8) is 0 Å². The summed E-state index contributed by atoms with van der Waals surface area (Å²) >= 11 is 0. The second-order valence-electron chi connectivity index (χ2n) is 19.0. The van der Waals surface area contributed by atoms with E-state index in [4.69, 9.17) is 18.9 Å². The first-order valence-corrected chi connectivity index (χ1v) is 26.3. The van der Waals surface area contributed by atoms with E-state index in [1.807, 2.05) is 6.92 Å². The third-order valence-electron chi connectivity index (χ3n) is 13.3. The smallest absolute Gasteiger partial charge is 0.220 e. The number of nitrogens with one attached hydrogen (secondary N) is 1. The summed E-state index contributed by atoms with van der Waals surface area (Å²) in [5.74, 6) is -0.257. The lowest BCUT2D eigenvalue weighted by Crippen LogP contribution is -2.65. The fourth-order valence-electron chi connectivity index (χ4n) is 9.05. The highest BCUT2D eigenvalue weighted by molar-refractivity contribution is 5.76. The number of carbonyl (C=O) groups is 1. The summed E-state index contributed by atoms with van der Waals surface area (Å²) in [6.45, 7) is 2.51. The minimum absolute atomic E-state index is 0.249. The van der Waals surface area contributed by atoms with E-state index in [9.17, 15) is 45.6 Å². The topological polar surface area (TPSA) is 228 Å². The highest BCUT2D eigenvalue weighted by Crippen LogP contribution is 2.30. The Kier molecular flexibility index (Phi) is 35.0. The molecule has 14 nitrogen and oxygen atoms in total. The third kappa shape index (κ3) is 24.8. The molecule has 2 fully saturated rings. The van der Waals surface area contributed by atoms with Gasteiger partial charge in [-0.15, -0.1) is 0 Å². The minimum atomic E-state index is -1.78. The van der Waals surface area contributed by atoms with E-state index in [0.29, 0.717) is 12.8 Å². The van der Waals surface area contributed by atoms with E-state index in [1.165, 1.54) is 161 Å². The van der Waals surface area contributed by atoms with Crippen molar-refractivity contribution in [2.45, 2.75) is 293 Å². The van der Waals surface area contributed by atoms with Gasteiger partial charge in [-0.3, -0.25) is 4.79 Å². The lowest BCUT2D eigenvalue weighted by Gasteiger charge is -2.46. The lowest BCUT2D eigenvalue weighted by atomic mass is 9.97. The van der Waals surface area contributed by atoms with Gasteiger partial charge in [0.05, 0.1) is 32.0 Å². The van der Waals surface area contributed by atoms with Crippen molar-refractivity contribution in [1.29, 1.82) is 0 Å². The van der Waals surface area contributed by atoms with Gasteiger partial charge in [0.25, 0.3) is 0 Å². The van der Waals surface area contributed by atoms with Gasteiger partial charge in [-0.2, -0.15) is 0 Å². The van der Waals surface area contributed by atoms with E-state index in [0.717, 1.165) is 25.7 Å². The molecule has 0 bridgehead atoms. The normalized spacial score (nSPS) is 27.2. The molecule has 1 amide bonds. The summed E-state index contributed by atoms with van der Waals surface area (Å²) in [7, 11) is 0. The van der Waals surface area contributed by atoms with Crippen LogP contribution in [0.3, 0.4) is 0 Å². The van der Waals surface area contributed by atoms with Gasteiger partial charge in [-0.1, -0.05) is 200 Å². The zero-order chi connectivity index (χ0) is 46.8. The predicted octanol–water partition coefficient (Wildman–Crippen LogP) is 7.00. The van der Waals surface area contributed by atoms with Crippen LogP contribution in [-0.2, 0) is 23.7 Å². The second kappa shape index (κ2) is 37.9. The summed E-state index contributed by atoms with van der Waals surface area (Å²) < 4.78 is 22.5. The van der Waals surface area contributed by atoms with Gasteiger partial charge in [0.1, 0.15) is 48.8 Å². The number of rotatable bonds is 41. The Balaban J connectivity index is 1.52. The molecule has 12 atom stereocenters. The summed E-state index contributed by atoms with van der Waals surface area (Å²) in [4.78, 5) is 12.5. The van der Waals surface area contributed by atoms with Crippen molar-refractivity contribution in [2.24, 2.45) is 0 Å². The van der Waals surface area contributed by atoms with Crippen LogP contribution in [0.5, 0.6) is 0 Å². The van der Waals surface area contributed by atoms with E-state index >= 15 is 0 Å². The molecule has 2 saturated heterocycles. The number of aliphatic hydroxyl groups excluding tert-OH is 8. The molecule has 0 aromatic carbocycles. The maximum Gasteiger partial charge on any atom is 0.220 e. The molecule has 0 aromatic rings. The quantitative estimate of drug-likeness (QED) is 0.0282. The van der Waals surface area contributed by atoms with Gasteiger partial charge >= 0.3 is 0 Å². The molecular formula is C50H97NO13. The molecule has 0 aromatic heterocycles. The fraction of sp³-hybridized carbons (Fsp3) is 0.980. The van der Waals surface area contributed by atoms with Crippen molar-refractivity contribution in [2.75, 3.05) is 19.8 Å². The number of ether oxygens (including phenoxy) is 4. The maximum absolute atomic E-state index is 12.5. The van der Waals surface area contributed by atoms with Crippen LogP contribution >= 0.6 is 0 Å². The molecule has 380 valence electrons. The van der Waals surface area contributed by atoms with E-state index in [-0.39, 0.29) is 18.9 Å². The minimum Gasteiger partial charge on any atom is -0.394 e. The van der Waals surface area contributed by atoms with Gasteiger partial charge in [0.15, 0.2) is 12.6 Å². The number of amides is 1. The fourth-order valence-corrected chi connectivity index (χ4v) is 9.05.